The molecule has 3 heterocycles. The Bertz CT molecular complexity index is 253. The third-order valence-corrected chi connectivity index (χ3v) is 1.06. The minimum absolute atomic E-state index is 1.38. The van der Waals surface area contributed by atoms with Gasteiger partial charge in [-0.3, -0.25) is 0 Å². The maximum atomic E-state index is 4.58. The average Bonchev–Trinajstić information content (AvgIpc) is 3.09. The minimum Gasteiger partial charge on any atom is -0.473 e. The van der Waals surface area contributed by atoms with Gasteiger partial charge in [-0.15, -0.1) is 5.10 Å². The first-order chi connectivity index (χ1) is 7.50. The highest BCUT2D eigenvalue weighted by molar-refractivity contribution is 4.79. The fraction of sp³-hybridized carbons (Fsp3) is 0. The molecule has 15 heavy (non-hydrogen) atoms. The van der Waals surface area contributed by atoms with Crippen LogP contribution in [0.25, 0.3) is 0 Å². The Morgan fingerprint density at radius 3 is 1.87 bits per heavy atom. The van der Waals surface area contributed by atoms with E-state index in [1.54, 1.807) is 18.7 Å². The van der Waals surface area contributed by atoms with Crippen LogP contribution in [0, 0.1) is 0 Å². The standard InChI is InChI=1S/C4H4O.C3H3NO.C2H2N2O/c1-2-4-5-3-1;1-2-5-3-4-1;1-2-5-4-3-1/h1-4H;1-3H;1-2H. The van der Waals surface area contributed by atoms with Crippen LogP contribution in [0.4, 0.5) is 0 Å². The van der Waals surface area contributed by atoms with Gasteiger partial charge in [0.05, 0.1) is 24.9 Å². The fourth-order valence-corrected chi connectivity index (χ4v) is 0.539. The van der Waals surface area contributed by atoms with Crippen LogP contribution in [0.2, 0.25) is 0 Å². The Hall–Kier alpha value is -2.37. The SMILES string of the molecule is c1ccoc1.c1cocn1.c1conn1. The zero-order chi connectivity index (χ0) is 10.6. The lowest BCUT2D eigenvalue weighted by Gasteiger charge is -1.50. The van der Waals surface area contributed by atoms with Gasteiger partial charge in [-0.05, 0) is 12.1 Å². The zero-order valence-electron chi connectivity index (χ0n) is 7.76. The molecule has 0 atom stereocenters. The molecule has 0 bridgehead atoms. The quantitative estimate of drug-likeness (QED) is 0.561. The fourth-order valence-electron chi connectivity index (χ4n) is 0.539. The molecule has 0 amide bonds. The summed E-state index contributed by atoms with van der Waals surface area (Å²) in [7, 11) is 0. The molecular formula is C9H9N3O3. The Balaban J connectivity index is 0.000000112. The van der Waals surface area contributed by atoms with Gasteiger partial charge in [-0.2, -0.15) is 0 Å². The van der Waals surface area contributed by atoms with Crippen LogP contribution in [0.1, 0.15) is 0 Å². The average molecular weight is 207 g/mol. The molecule has 6 heteroatoms. The van der Waals surface area contributed by atoms with Crippen molar-refractivity contribution in [3.05, 3.63) is 56.0 Å². The predicted octanol–water partition coefficient (Wildman–Crippen LogP) is 2.02. The van der Waals surface area contributed by atoms with Gasteiger partial charge in [0.25, 0.3) is 0 Å². The molecule has 0 aliphatic heterocycles. The molecule has 0 saturated heterocycles. The number of oxazole rings is 1. The Kier molecular flexibility index (Phi) is 5.88. The van der Waals surface area contributed by atoms with Crippen molar-refractivity contribution in [3.8, 4) is 0 Å². The van der Waals surface area contributed by atoms with Gasteiger partial charge in [0.1, 0.15) is 12.5 Å². The summed E-state index contributed by atoms with van der Waals surface area (Å²) in [5.41, 5.74) is 0. The largest absolute Gasteiger partial charge is 0.473 e. The summed E-state index contributed by atoms with van der Waals surface area (Å²) >= 11 is 0. The van der Waals surface area contributed by atoms with Crippen LogP contribution >= 0.6 is 0 Å². The highest BCUT2D eigenvalue weighted by Crippen LogP contribution is 1.79. The van der Waals surface area contributed by atoms with E-state index < -0.39 is 0 Å². The molecule has 0 fully saturated rings. The van der Waals surface area contributed by atoms with Gasteiger partial charge < -0.3 is 13.4 Å². The molecule has 0 aliphatic rings. The molecule has 0 saturated carbocycles. The summed E-state index contributed by atoms with van der Waals surface area (Å²) < 4.78 is 13.3. The summed E-state index contributed by atoms with van der Waals surface area (Å²) in [5, 5.41) is 6.40. The van der Waals surface area contributed by atoms with Gasteiger partial charge >= 0.3 is 0 Å². The number of hydrogen-bond acceptors (Lipinski definition) is 6. The van der Waals surface area contributed by atoms with Gasteiger partial charge in [-0.1, -0.05) is 0 Å². The molecule has 3 aromatic heterocycles. The van der Waals surface area contributed by atoms with Crippen molar-refractivity contribution < 1.29 is 13.4 Å². The van der Waals surface area contributed by atoms with E-state index >= 15 is 0 Å². The smallest absolute Gasteiger partial charge is 0.180 e. The van der Waals surface area contributed by atoms with E-state index in [0.29, 0.717) is 0 Å². The van der Waals surface area contributed by atoms with Crippen molar-refractivity contribution in [2.75, 3.05) is 0 Å². The van der Waals surface area contributed by atoms with Crippen LogP contribution in [0.3, 0.4) is 0 Å². The summed E-state index contributed by atoms with van der Waals surface area (Å²) in [4.78, 5) is 3.56. The van der Waals surface area contributed by atoms with E-state index in [9.17, 15) is 0 Å². The lowest BCUT2D eigenvalue weighted by molar-refractivity contribution is 0.393. The summed E-state index contributed by atoms with van der Waals surface area (Å²) in [5.74, 6) is 0. The molecule has 0 N–H and O–H groups in total. The third kappa shape index (κ3) is 6.76. The molecule has 78 valence electrons. The van der Waals surface area contributed by atoms with Crippen molar-refractivity contribution in [2.45, 2.75) is 0 Å². The highest BCUT2D eigenvalue weighted by Gasteiger charge is 1.61. The Morgan fingerprint density at radius 2 is 1.67 bits per heavy atom. The van der Waals surface area contributed by atoms with Gasteiger partial charge in [0.2, 0.25) is 0 Å². The van der Waals surface area contributed by atoms with Crippen LogP contribution < -0.4 is 0 Å². The van der Waals surface area contributed by atoms with Crippen LogP contribution in [0.15, 0.2) is 69.3 Å². The molecule has 6 nitrogen and oxygen atoms in total. The Morgan fingerprint density at radius 1 is 0.800 bits per heavy atom. The van der Waals surface area contributed by atoms with Crippen molar-refractivity contribution in [2.24, 2.45) is 0 Å². The second kappa shape index (κ2) is 8.24. The lowest BCUT2D eigenvalue weighted by Crippen LogP contribution is -1.53. The van der Waals surface area contributed by atoms with Crippen LogP contribution in [0.5, 0.6) is 0 Å². The van der Waals surface area contributed by atoms with Crippen molar-refractivity contribution in [1.29, 1.82) is 0 Å². The van der Waals surface area contributed by atoms with Crippen molar-refractivity contribution in [1.82, 2.24) is 15.4 Å². The monoisotopic (exact) mass is 207 g/mol. The highest BCUT2D eigenvalue weighted by atomic mass is 16.5. The number of aromatic nitrogens is 3. The number of hydrogen-bond donors (Lipinski definition) is 0. The van der Waals surface area contributed by atoms with Gasteiger partial charge in [0, 0.05) is 5.27 Å². The van der Waals surface area contributed by atoms with E-state index in [-0.39, 0.29) is 0 Å². The maximum Gasteiger partial charge on any atom is 0.180 e. The van der Waals surface area contributed by atoms with Crippen molar-refractivity contribution >= 4 is 0 Å². The van der Waals surface area contributed by atoms with E-state index in [1.807, 2.05) is 12.1 Å². The maximum absolute atomic E-state index is 4.58. The summed E-state index contributed by atoms with van der Waals surface area (Å²) in [6, 6.07) is 3.67. The number of furan rings is 1. The summed E-state index contributed by atoms with van der Waals surface area (Å²) in [6.45, 7) is 0. The first-order valence-corrected chi connectivity index (χ1v) is 4.00. The van der Waals surface area contributed by atoms with Crippen LogP contribution in [-0.2, 0) is 0 Å². The molecule has 0 aliphatic carbocycles. The topological polar surface area (TPSA) is 78.1 Å². The molecular weight excluding hydrogens is 198 g/mol. The van der Waals surface area contributed by atoms with Gasteiger partial charge in [0.15, 0.2) is 6.39 Å². The molecule has 0 radical (unpaired) electrons. The van der Waals surface area contributed by atoms with E-state index in [1.165, 1.54) is 25.1 Å². The minimum atomic E-state index is 1.38. The second-order valence-electron chi connectivity index (χ2n) is 2.06. The normalized spacial score (nSPS) is 8.00. The molecule has 3 rings (SSSR count). The first kappa shape index (κ1) is 10.7. The molecule has 0 spiro atoms. The van der Waals surface area contributed by atoms with Crippen molar-refractivity contribution in [3.63, 3.8) is 0 Å². The molecule has 3 aromatic rings. The van der Waals surface area contributed by atoms with Crippen LogP contribution in [-0.4, -0.2) is 15.4 Å². The number of rotatable bonds is 0. The van der Waals surface area contributed by atoms with E-state index in [2.05, 4.69) is 28.7 Å². The Labute approximate surface area is 85.5 Å². The first-order valence-electron chi connectivity index (χ1n) is 4.00. The lowest BCUT2D eigenvalue weighted by atomic mass is 10.7. The summed E-state index contributed by atoms with van der Waals surface area (Å²) in [6.07, 6.45) is 10.6. The third-order valence-electron chi connectivity index (χ3n) is 1.06. The number of nitrogens with zero attached hydrogens (tertiary/aromatic N) is 3. The van der Waals surface area contributed by atoms with Gasteiger partial charge in [-0.25, -0.2) is 4.98 Å². The zero-order valence-corrected chi connectivity index (χ0v) is 7.76. The molecule has 0 aromatic carbocycles. The predicted molar refractivity (Wildman–Crippen MR) is 49.5 cm³/mol. The second-order valence-corrected chi connectivity index (χ2v) is 2.06. The van der Waals surface area contributed by atoms with E-state index in [4.69, 9.17) is 0 Å². The molecule has 0 unspecified atom stereocenters. The van der Waals surface area contributed by atoms with E-state index in [0.717, 1.165) is 0 Å².